The summed E-state index contributed by atoms with van der Waals surface area (Å²) in [5, 5.41) is 7.89. The summed E-state index contributed by atoms with van der Waals surface area (Å²) in [5.74, 6) is 0.154. The smallest absolute Gasteiger partial charge is 0.129 e. The topological polar surface area (TPSA) is 29.9 Å². The van der Waals surface area contributed by atoms with Crippen LogP contribution in [-0.4, -0.2) is 15.3 Å². The molecular formula is C17H24FN3. The molecule has 21 heavy (non-hydrogen) atoms. The maximum absolute atomic E-state index is 14.2. The third-order valence-corrected chi connectivity index (χ3v) is 3.34. The van der Waals surface area contributed by atoms with Crippen molar-refractivity contribution in [3.8, 4) is 5.69 Å². The SMILES string of the molecule is CC(C)c1ccn(-c2cccc(F)c2CNC(C)(C)C)n1. The molecule has 0 aliphatic carbocycles. The van der Waals surface area contributed by atoms with Gasteiger partial charge in [0, 0.05) is 23.8 Å². The molecular weight excluding hydrogens is 265 g/mol. The largest absolute Gasteiger partial charge is 0.308 e. The van der Waals surface area contributed by atoms with E-state index in [0.29, 0.717) is 18.0 Å². The van der Waals surface area contributed by atoms with Crippen LogP contribution in [0.2, 0.25) is 0 Å². The van der Waals surface area contributed by atoms with Crippen LogP contribution >= 0.6 is 0 Å². The summed E-state index contributed by atoms with van der Waals surface area (Å²) in [6.45, 7) is 10.9. The van der Waals surface area contributed by atoms with Crippen LogP contribution in [0.3, 0.4) is 0 Å². The highest BCUT2D eigenvalue weighted by molar-refractivity contribution is 5.41. The summed E-state index contributed by atoms with van der Waals surface area (Å²) < 4.78 is 16.0. The van der Waals surface area contributed by atoms with Crippen molar-refractivity contribution in [3.63, 3.8) is 0 Å². The van der Waals surface area contributed by atoms with Crippen LogP contribution in [0.5, 0.6) is 0 Å². The Kier molecular flexibility index (Phi) is 4.47. The van der Waals surface area contributed by atoms with Gasteiger partial charge in [-0.15, -0.1) is 0 Å². The van der Waals surface area contributed by atoms with E-state index in [1.165, 1.54) is 6.07 Å². The van der Waals surface area contributed by atoms with Crippen molar-refractivity contribution in [2.45, 2.75) is 52.6 Å². The molecule has 114 valence electrons. The Balaban J connectivity index is 2.36. The third-order valence-electron chi connectivity index (χ3n) is 3.34. The van der Waals surface area contributed by atoms with Gasteiger partial charge < -0.3 is 5.32 Å². The normalized spacial score (nSPS) is 12.1. The summed E-state index contributed by atoms with van der Waals surface area (Å²) >= 11 is 0. The lowest BCUT2D eigenvalue weighted by Gasteiger charge is -2.22. The molecule has 1 aromatic heterocycles. The average molecular weight is 289 g/mol. The highest BCUT2D eigenvalue weighted by Gasteiger charge is 2.15. The molecule has 0 fully saturated rings. The Hall–Kier alpha value is -1.68. The minimum Gasteiger partial charge on any atom is -0.308 e. The molecule has 0 radical (unpaired) electrons. The van der Waals surface area contributed by atoms with Gasteiger partial charge in [0.1, 0.15) is 5.82 Å². The Labute approximate surface area is 126 Å². The number of hydrogen-bond acceptors (Lipinski definition) is 2. The van der Waals surface area contributed by atoms with Crippen molar-refractivity contribution in [2.75, 3.05) is 0 Å². The van der Waals surface area contributed by atoms with Gasteiger partial charge in [-0.2, -0.15) is 5.10 Å². The zero-order valence-corrected chi connectivity index (χ0v) is 13.4. The molecule has 0 atom stereocenters. The number of hydrogen-bond donors (Lipinski definition) is 1. The summed E-state index contributed by atoms with van der Waals surface area (Å²) in [4.78, 5) is 0. The van der Waals surface area contributed by atoms with Crippen LogP contribution in [0.1, 0.15) is 51.8 Å². The summed E-state index contributed by atoms with van der Waals surface area (Å²) in [5.41, 5.74) is 2.38. The van der Waals surface area contributed by atoms with E-state index in [9.17, 15) is 4.39 Å². The first kappa shape index (κ1) is 15.7. The zero-order chi connectivity index (χ0) is 15.6. The molecule has 0 saturated carbocycles. The predicted molar refractivity (Wildman–Crippen MR) is 84.2 cm³/mol. The lowest BCUT2D eigenvalue weighted by molar-refractivity contribution is 0.418. The van der Waals surface area contributed by atoms with Crippen molar-refractivity contribution < 1.29 is 4.39 Å². The van der Waals surface area contributed by atoms with Gasteiger partial charge in [0.25, 0.3) is 0 Å². The average Bonchev–Trinajstić information content (AvgIpc) is 2.85. The first-order valence-electron chi connectivity index (χ1n) is 7.36. The molecule has 2 aromatic rings. The van der Waals surface area contributed by atoms with Crippen molar-refractivity contribution in [2.24, 2.45) is 0 Å². The molecule has 0 amide bonds. The lowest BCUT2D eigenvalue weighted by Crippen LogP contribution is -2.35. The van der Waals surface area contributed by atoms with Crippen LogP contribution in [-0.2, 0) is 6.54 Å². The van der Waals surface area contributed by atoms with Crippen molar-refractivity contribution in [1.29, 1.82) is 0 Å². The fraction of sp³-hybridized carbons (Fsp3) is 0.471. The first-order valence-corrected chi connectivity index (χ1v) is 7.36. The second kappa shape index (κ2) is 5.98. The molecule has 0 unspecified atom stereocenters. The number of nitrogens with zero attached hydrogens (tertiary/aromatic N) is 2. The monoisotopic (exact) mass is 289 g/mol. The van der Waals surface area contributed by atoms with Gasteiger partial charge in [-0.25, -0.2) is 9.07 Å². The number of aromatic nitrogens is 2. The molecule has 1 aromatic carbocycles. The summed E-state index contributed by atoms with van der Waals surface area (Å²) in [6, 6.07) is 7.11. The van der Waals surface area contributed by atoms with Crippen molar-refractivity contribution in [1.82, 2.24) is 15.1 Å². The predicted octanol–water partition coefficient (Wildman–Crippen LogP) is 4.02. The van der Waals surface area contributed by atoms with Gasteiger partial charge in [-0.1, -0.05) is 19.9 Å². The van der Waals surface area contributed by atoms with Crippen LogP contribution in [0.4, 0.5) is 4.39 Å². The molecule has 0 saturated heterocycles. The quantitative estimate of drug-likeness (QED) is 0.921. The molecule has 0 aliphatic heterocycles. The highest BCUT2D eigenvalue weighted by Crippen LogP contribution is 2.20. The minimum absolute atomic E-state index is 0.0627. The fourth-order valence-corrected chi connectivity index (χ4v) is 2.07. The Morgan fingerprint density at radius 2 is 1.95 bits per heavy atom. The van der Waals surface area contributed by atoms with E-state index in [0.717, 1.165) is 11.4 Å². The zero-order valence-electron chi connectivity index (χ0n) is 13.4. The number of benzene rings is 1. The fourth-order valence-electron chi connectivity index (χ4n) is 2.07. The molecule has 4 heteroatoms. The second-order valence-electron chi connectivity index (χ2n) is 6.68. The van der Waals surface area contributed by atoms with Gasteiger partial charge in [-0.05, 0) is 44.9 Å². The Morgan fingerprint density at radius 3 is 2.52 bits per heavy atom. The Bertz CT molecular complexity index is 609. The number of rotatable bonds is 4. The van der Waals surface area contributed by atoms with Crippen LogP contribution < -0.4 is 5.32 Å². The molecule has 1 N–H and O–H groups in total. The van der Waals surface area contributed by atoms with Crippen LogP contribution in [0.25, 0.3) is 5.69 Å². The van der Waals surface area contributed by atoms with Crippen LogP contribution in [0, 0.1) is 5.82 Å². The van der Waals surface area contributed by atoms with Crippen LogP contribution in [0.15, 0.2) is 30.5 Å². The van der Waals surface area contributed by atoms with E-state index in [-0.39, 0.29) is 11.4 Å². The molecule has 0 bridgehead atoms. The van der Waals surface area contributed by atoms with E-state index in [2.05, 4.69) is 45.0 Å². The van der Waals surface area contributed by atoms with E-state index >= 15 is 0 Å². The highest BCUT2D eigenvalue weighted by atomic mass is 19.1. The maximum Gasteiger partial charge on any atom is 0.129 e. The second-order valence-corrected chi connectivity index (χ2v) is 6.68. The van der Waals surface area contributed by atoms with E-state index in [1.807, 2.05) is 18.3 Å². The van der Waals surface area contributed by atoms with E-state index < -0.39 is 0 Å². The maximum atomic E-state index is 14.2. The first-order chi connectivity index (χ1) is 9.78. The molecule has 1 heterocycles. The molecule has 0 aliphatic rings. The molecule has 0 spiro atoms. The standard InChI is InChI=1S/C17H24FN3/c1-12(2)15-9-10-21(20-15)16-8-6-7-14(18)13(16)11-19-17(3,4)5/h6-10,12,19H,11H2,1-5H3. The van der Waals surface area contributed by atoms with Gasteiger partial charge >= 0.3 is 0 Å². The number of halogens is 1. The van der Waals surface area contributed by atoms with Gasteiger partial charge in [0.2, 0.25) is 0 Å². The number of nitrogens with one attached hydrogen (secondary N) is 1. The van der Waals surface area contributed by atoms with Crippen molar-refractivity contribution in [3.05, 3.63) is 47.5 Å². The van der Waals surface area contributed by atoms with Crippen molar-refractivity contribution >= 4 is 0 Å². The van der Waals surface area contributed by atoms with Gasteiger partial charge in [0.05, 0.1) is 11.4 Å². The van der Waals surface area contributed by atoms with E-state index in [1.54, 1.807) is 10.7 Å². The summed E-state index contributed by atoms with van der Waals surface area (Å²) in [6.07, 6.45) is 1.89. The van der Waals surface area contributed by atoms with Gasteiger partial charge in [0.15, 0.2) is 0 Å². The molecule has 2 rings (SSSR count). The Morgan fingerprint density at radius 1 is 1.24 bits per heavy atom. The minimum atomic E-state index is -0.203. The molecule has 3 nitrogen and oxygen atoms in total. The third kappa shape index (κ3) is 3.91. The van der Waals surface area contributed by atoms with E-state index in [4.69, 9.17) is 0 Å². The lowest BCUT2D eigenvalue weighted by atomic mass is 10.1. The summed E-state index contributed by atoms with van der Waals surface area (Å²) in [7, 11) is 0. The van der Waals surface area contributed by atoms with Gasteiger partial charge in [-0.3, -0.25) is 0 Å².